The van der Waals surface area contributed by atoms with E-state index in [1.54, 1.807) is 12.0 Å². The molecule has 0 unspecified atom stereocenters. The maximum atomic E-state index is 13.1. The van der Waals surface area contributed by atoms with Crippen molar-refractivity contribution in [2.45, 2.75) is 6.92 Å². The van der Waals surface area contributed by atoms with Crippen molar-refractivity contribution in [1.29, 1.82) is 0 Å². The monoisotopic (exact) mass is 477 g/mol. The van der Waals surface area contributed by atoms with Crippen LogP contribution in [0.2, 0.25) is 0 Å². The number of methoxy groups -OCH3 is 1. The van der Waals surface area contributed by atoms with Gasteiger partial charge in [0, 0.05) is 5.56 Å². The van der Waals surface area contributed by atoms with Gasteiger partial charge in [0.1, 0.15) is 19.0 Å². The predicted molar refractivity (Wildman–Crippen MR) is 137 cm³/mol. The van der Waals surface area contributed by atoms with E-state index in [4.69, 9.17) is 26.4 Å². The van der Waals surface area contributed by atoms with Crippen molar-refractivity contribution in [3.63, 3.8) is 0 Å². The van der Waals surface area contributed by atoms with Gasteiger partial charge in [-0.15, -0.1) is 0 Å². The number of ether oxygens (including phenoxy) is 3. The second-order valence-electron chi connectivity index (χ2n) is 7.19. The van der Waals surface area contributed by atoms with E-state index in [9.17, 15) is 4.79 Å². The molecule has 0 aliphatic carbocycles. The predicted octanol–water partition coefficient (Wildman–Crippen LogP) is 5.87. The van der Waals surface area contributed by atoms with E-state index in [-0.39, 0.29) is 5.91 Å². The molecule has 1 amide bonds. The van der Waals surface area contributed by atoms with Crippen LogP contribution in [0.25, 0.3) is 6.08 Å². The first-order chi connectivity index (χ1) is 16.1. The Hall–Kier alpha value is -3.29. The minimum absolute atomic E-state index is 0.131. The smallest absolute Gasteiger partial charge is 0.270 e. The number of hydrogen-bond acceptors (Lipinski definition) is 6. The summed E-state index contributed by atoms with van der Waals surface area (Å²) < 4.78 is 17.6. The van der Waals surface area contributed by atoms with Gasteiger partial charge in [0.2, 0.25) is 0 Å². The Morgan fingerprint density at radius 2 is 1.48 bits per heavy atom. The summed E-state index contributed by atoms with van der Waals surface area (Å²) in [6.07, 6.45) is 1.83. The normalized spacial score (nSPS) is 14.6. The highest BCUT2D eigenvalue weighted by atomic mass is 32.2. The lowest BCUT2D eigenvalue weighted by atomic mass is 10.1. The van der Waals surface area contributed by atoms with Crippen LogP contribution >= 0.6 is 24.0 Å². The van der Waals surface area contributed by atoms with Crippen molar-refractivity contribution in [2.75, 3.05) is 25.2 Å². The maximum Gasteiger partial charge on any atom is 0.270 e. The fourth-order valence-corrected chi connectivity index (χ4v) is 4.68. The number of thioether (sulfide) groups is 1. The second kappa shape index (κ2) is 10.6. The topological polar surface area (TPSA) is 48.0 Å². The van der Waals surface area contributed by atoms with Crippen LogP contribution in [0.15, 0.2) is 77.7 Å². The Balaban J connectivity index is 1.46. The minimum Gasteiger partial charge on any atom is -0.493 e. The summed E-state index contributed by atoms with van der Waals surface area (Å²) >= 11 is 6.80. The quantitative estimate of drug-likeness (QED) is 0.230. The van der Waals surface area contributed by atoms with E-state index in [2.05, 4.69) is 0 Å². The van der Waals surface area contributed by atoms with E-state index in [1.165, 1.54) is 11.8 Å². The van der Waals surface area contributed by atoms with E-state index in [0.29, 0.717) is 39.7 Å². The molecule has 3 aromatic carbocycles. The second-order valence-corrected chi connectivity index (χ2v) is 8.86. The Bertz CT molecular complexity index is 1210. The van der Waals surface area contributed by atoms with Gasteiger partial charge in [-0.3, -0.25) is 9.69 Å². The summed E-state index contributed by atoms with van der Waals surface area (Å²) in [5.74, 6) is 1.88. The van der Waals surface area contributed by atoms with Crippen molar-refractivity contribution < 1.29 is 19.0 Å². The Kier molecular flexibility index (Phi) is 7.32. The van der Waals surface area contributed by atoms with Crippen LogP contribution < -0.4 is 19.1 Å². The Labute approximate surface area is 203 Å². The Morgan fingerprint density at radius 1 is 0.879 bits per heavy atom. The number of carbonyl (C=O) groups is 1. The zero-order valence-electron chi connectivity index (χ0n) is 18.3. The van der Waals surface area contributed by atoms with E-state index < -0.39 is 0 Å². The summed E-state index contributed by atoms with van der Waals surface area (Å²) in [4.78, 5) is 15.3. The molecule has 33 heavy (non-hydrogen) atoms. The standard InChI is InChI=1S/C26H23NO4S2/c1-18-9-3-5-11-20(18)27-25(28)24(33-26(27)32)17-19-10-4-6-12-21(19)30-15-16-31-23-14-8-7-13-22(23)29-2/h3-14,17H,15-16H2,1-2H3. The number of rotatable bonds is 8. The largest absolute Gasteiger partial charge is 0.493 e. The number of thiocarbonyl (C=S) groups is 1. The number of aryl methyl sites for hydroxylation is 1. The lowest BCUT2D eigenvalue weighted by molar-refractivity contribution is -0.113. The van der Waals surface area contributed by atoms with Crippen molar-refractivity contribution in [3.8, 4) is 17.2 Å². The molecule has 1 aliphatic heterocycles. The van der Waals surface area contributed by atoms with Crippen LogP contribution in [-0.4, -0.2) is 30.6 Å². The molecular formula is C26H23NO4S2. The van der Waals surface area contributed by atoms with E-state index >= 15 is 0 Å². The van der Waals surface area contributed by atoms with Gasteiger partial charge in [-0.25, -0.2) is 0 Å². The first-order valence-corrected chi connectivity index (χ1v) is 11.6. The molecule has 0 spiro atoms. The number of amides is 1. The maximum absolute atomic E-state index is 13.1. The molecule has 3 aromatic rings. The van der Waals surface area contributed by atoms with Gasteiger partial charge in [0.25, 0.3) is 5.91 Å². The highest BCUT2D eigenvalue weighted by molar-refractivity contribution is 8.27. The molecule has 1 aliphatic rings. The third kappa shape index (κ3) is 5.21. The number of para-hydroxylation sites is 4. The van der Waals surface area contributed by atoms with Crippen molar-refractivity contribution in [2.24, 2.45) is 0 Å². The summed E-state index contributed by atoms with van der Waals surface area (Å²) in [6, 6.07) is 22.8. The molecule has 0 radical (unpaired) electrons. The average molecular weight is 478 g/mol. The summed E-state index contributed by atoms with van der Waals surface area (Å²) in [6.45, 7) is 2.66. The number of nitrogens with zero attached hydrogens (tertiary/aromatic N) is 1. The molecule has 7 heteroatoms. The van der Waals surface area contributed by atoms with Crippen LogP contribution in [0.5, 0.6) is 17.2 Å². The van der Waals surface area contributed by atoms with Gasteiger partial charge in [0.05, 0.1) is 17.7 Å². The fourth-order valence-electron chi connectivity index (χ4n) is 3.40. The van der Waals surface area contributed by atoms with Crippen LogP contribution in [-0.2, 0) is 4.79 Å². The summed E-state index contributed by atoms with van der Waals surface area (Å²) in [5, 5.41) is 0. The van der Waals surface area contributed by atoms with Crippen molar-refractivity contribution in [1.82, 2.24) is 0 Å². The molecule has 0 N–H and O–H groups in total. The third-order valence-corrected chi connectivity index (χ3v) is 6.33. The lowest BCUT2D eigenvalue weighted by Crippen LogP contribution is -2.28. The highest BCUT2D eigenvalue weighted by Gasteiger charge is 2.34. The first kappa shape index (κ1) is 22.9. The van der Waals surface area contributed by atoms with Gasteiger partial charge >= 0.3 is 0 Å². The molecular weight excluding hydrogens is 454 g/mol. The molecule has 5 nitrogen and oxygen atoms in total. The summed E-state index contributed by atoms with van der Waals surface area (Å²) in [5.41, 5.74) is 2.61. The average Bonchev–Trinajstić information content (AvgIpc) is 3.11. The van der Waals surface area contributed by atoms with Crippen molar-refractivity contribution in [3.05, 3.63) is 88.8 Å². The molecule has 0 aromatic heterocycles. The molecule has 1 saturated heterocycles. The SMILES string of the molecule is COc1ccccc1OCCOc1ccccc1C=C1SC(=S)N(c2ccccc2C)C1=O. The van der Waals surface area contributed by atoms with Gasteiger partial charge in [-0.2, -0.15) is 0 Å². The summed E-state index contributed by atoms with van der Waals surface area (Å²) in [7, 11) is 1.61. The zero-order valence-corrected chi connectivity index (χ0v) is 19.9. The van der Waals surface area contributed by atoms with E-state index in [1.807, 2.05) is 85.8 Å². The van der Waals surface area contributed by atoms with Crippen LogP contribution in [0.3, 0.4) is 0 Å². The molecule has 1 fully saturated rings. The number of anilines is 1. The van der Waals surface area contributed by atoms with Crippen LogP contribution in [0, 0.1) is 6.92 Å². The molecule has 168 valence electrons. The molecule has 1 heterocycles. The Morgan fingerprint density at radius 3 is 2.21 bits per heavy atom. The molecule has 0 saturated carbocycles. The van der Waals surface area contributed by atoms with Crippen molar-refractivity contribution >= 4 is 46.0 Å². The fraction of sp³-hybridized carbons (Fsp3) is 0.154. The zero-order chi connectivity index (χ0) is 23.2. The molecule has 0 atom stereocenters. The van der Waals surface area contributed by atoms with Gasteiger partial charge < -0.3 is 14.2 Å². The van der Waals surface area contributed by atoms with E-state index in [0.717, 1.165) is 16.8 Å². The van der Waals surface area contributed by atoms with Crippen LogP contribution in [0.4, 0.5) is 5.69 Å². The van der Waals surface area contributed by atoms with Gasteiger partial charge in [-0.1, -0.05) is 72.5 Å². The molecule has 4 rings (SSSR count). The highest BCUT2D eigenvalue weighted by Crippen LogP contribution is 2.38. The minimum atomic E-state index is -0.131. The molecule has 0 bridgehead atoms. The third-order valence-electron chi connectivity index (χ3n) is 5.02. The van der Waals surface area contributed by atoms with Gasteiger partial charge in [-0.05, 0) is 42.8 Å². The number of benzene rings is 3. The van der Waals surface area contributed by atoms with Crippen LogP contribution in [0.1, 0.15) is 11.1 Å². The first-order valence-electron chi connectivity index (χ1n) is 10.4. The number of carbonyl (C=O) groups excluding carboxylic acids is 1. The number of hydrogen-bond donors (Lipinski definition) is 0. The van der Waals surface area contributed by atoms with Gasteiger partial charge in [0.15, 0.2) is 15.8 Å². The lowest BCUT2D eigenvalue weighted by Gasteiger charge is -2.16.